The highest BCUT2D eigenvalue weighted by Crippen LogP contribution is 2.44. The minimum absolute atomic E-state index is 0.715. The van der Waals surface area contributed by atoms with E-state index in [0.29, 0.717) is 6.61 Å². The van der Waals surface area contributed by atoms with Gasteiger partial charge >= 0.3 is 0 Å². The maximum Gasteiger partial charge on any atom is 0.0716 e. The first kappa shape index (κ1) is 24.3. The molecule has 0 atom stereocenters. The number of rotatable bonds is 10. The molecule has 178 valence electrons. The number of hydrogen-bond acceptors (Lipinski definition) is 1. The van der Waals surface area contributed by atoms with Gasteiger partial charge in [-0.1, -0.05) is 74.4 Å². The van der Waals surface area contributed by atoms with Crippen LogP contribution in [0.15, 0.2) is 61.2 Å². The molecule has 0 heterocycles. The summed E-state index contributed by atoms with van der Waals surface area (Å²) in [5.41, 5.74) is 5.43. The second-order valence-electron chi connectivity index (χ2n) is 10.6. The van der Waals surface area contributed by atoms with Crippen molar-refractivity contribution >= 4 is 0 Å². The predicted octanol–water partition coefficient (Wildman–Crippen LogP) is 9.33. The van der Waals surface area contributed by atoms with Gasteiger partial charge in [0.1, 0.15) is 0 Å². The Morgan fingerprint density at radius 1 is 0.788 bits per heavy atom. The van der Waals surface area contributed by atoms with Gasteiger partial charge in [0.2, 0.25) is 0 Å². The average Bonchev–Trinajstić information content (AvgIpc) is 2.89. The van der Waals surface area contributed by atoms with E-state index in [1.807, 2.05) is 0 Å². The van der Waals surface area contributed by atoms with Crippen LogP contribution < -0.4 is 0 Å². The van der Waals surface area contributed by atoms with E-state index in [1.54, 1.807) is 5.56 Å². The van der Waals surface area contributed by atoms with E-state index >= 15 is 0 Å². The fraction of sp³-hybridized carbons (Fsp3) is 0.562. The molecule has 0 aromatic heterocycles. The zero-order chi connectivity index (χ0) is 22.9. The zero-order valence-electron chi connectivity index (χ0n) is 20.8. The lowest BCUT2D eigenvalue weighted by Crippen LogP contribution is -2.25. The minimum Gasteiger partial charge on any atom is -0.377 e. The van der Waals surface area contributed by atoms with E-state index in [1.165, 1.54) is 80.9 Å². The molecule has 2 aromatic carbocycles. The Labute approximate surface area is 202 Å². The third kappa shape index (κ3) is 6.82. The van der Waals surface area contributed by atoms with Crippen LogP contribution in [0.2, 0.25) is 0 Å². The quantitative estimate of drug-likeness (QED) is 0.262. The second kappa shape index (κ2) is 12.6. The molecule has 0 radical (unpaired) electrons. The summed E-state index contributed by atoms with van der Waals surface area (Å²) in [6.45, 7) is 7.60. The first-order chi connectivity index (χ1) is 16.3. The molecular weight excluding hydrogens is 400 g/mol. The normalized spacial score (nSPS) is 25.6. The lowest BCUT2D eigenvalue weighted by atomic mass is 9.68. The fourth-order valence-corrected chi connectivity index (χ4v) is 6.30. The Hall–Kier alpha value is -1.86. The van der Waals surface area contributed by atoms with Gasteiger partial charge in [-0.05, 0) is 104 Å². The molecule has 2 aliphatic rings. The lowest BCUT2D eigenvalue weighted by molar-refractivity contribution is 0.121. The molecule has 0 amide bonds. The highest BCUT2D eigenvalue weighted by Gasteiger charge is 2.31. The summed E-state index contributed by atoms with van der Waals surface area (Å²) < 4.78 is 5.66. The van der Waals surface area contributed by atoms with Crippen LogP contribution in [0.3, 0.4) is 0 Å². The van der Waals surface area contributed by atoms with Crippen molar-refractivity contribution in [2.75, 3.05) is 6.61 Å². The highest BCUT2D eigenvalue weighted by atomic mass is 16.5. The third-order valence-corrected chi connectivity index (χ3v) is 8.40. The molecule has 1 nitrogen and oxygen atoms in total. The van der Waals surface area contributed by atoms with Crippen molar-refractivity contribution in [1.82, 2.24) is 0 Å². The van der Waals surface area contributed by atoms with Crippen LogP contribution in [0.1, 0.15) is 94.6 Å². The van der Waals surface area contributed by atoms with Crippen molar-refractivity contribution in [3.8, 4) is 11.1 Å². The van der Waals surface area contributed by atoms with E-state index < -0.39 is 0 Å². The third-order valence-electron chi connectivity index (χ3n) is 8.40. The average molecular weight is 445 g/mol. The van der Waals surface area contributed by atoms with Crippen LogP contribution in [0.4, 0.5) is 0 Å². The number of ether oxygens (including phenoxy) is 1. The standard InChI is InChI=1S/C32H44O/c1-3-5-6-25-7-11-27(12-8-25)29-15-19-31(20-16-29)32-21-17-30(18-22-32)28-13-9-26(10-14-28)24-33-23-4-2/h3,9-10,13-14,17-18,21-22,25,27,29,31H,1,4-8,11-12,15-16,19-20,23-24H2,2H3/t25-,27-,29-,31-. The largest absolute Gasteiger partial charge is 0.377 e. The van der Waals surface area contributed by atoms with Gasteiger partial charge in [0.05, 0.1) is 6.61 Å². The summed E-state index contributed by atoms with van der Waals surface area (Å²) in [5.74, 6) is 3.72. The van der Waals surface area contributed by atoms with E-state index in [-0.39, 0.29) is 0 Å². The molecule has 0 bridgehead atoms. The molecule has 0 spiro atoms. The molecule has 1 heteroatoms. The van der Waals surface area contributed by atoms with Crippen LogP contribution in [0.5, 0.6) is 0 Å². The van der Waals surface area contributed by atoms with Crippen molar-refractivity contribution < 1.29 is 4.74 Å². The van der Waals surface area contributed by atoms with Gasteiger partial charge in [-0.3, -0.25) is 0 Å². The smallest absolute Gasteiger partial charge is 0.0716 e. The highest BCUT2D eigenvalue weighted by molar-refractivity contribution is 5.64. The van der Waals surface area contributed by atoms with E-state index in [4.69, 9.17) is 4.74 Å². The molecule has 2 aliphatic carbocycles. The van der Waals surface area contributed by atoms with E-state index in [0.717, 1.165) is 36.7 Å². The zero-order valence-corrected chi connectivity index (χ0v) is 20.8. The van der Waals surface area contributed by atoms with Gasteiger partial charge in [-0.25, -0.2) is 0 Å². The maximum absolute atomic E-state index is 5.66. The van der Waals surface area contributed by atoms with Crippen LogP contribution in [0, 0.1) is 17.8 Å². The van der Waals surface area contributed by atoms with Crippen molar-refractivity contribution in [3.63, 3.8) is 0 Å². The van der Waals surface area contributed by atoms with Crippen LogP contribution >= 0.6 is 0 Å². The van der Waals surface area contributed by atoms with Gasteiger partial charge in [-0.15, -0.1) is 6.58 Å². The molecule has 0 aliphatic heterocycles. The Kier molecular flexibility index (Phi) is 9.24. The molecule has 33 heavy (non-hydrogen) atoms. The molecule has 0 N–H and O–H groups in total. The lowest BCUT2D eigenvalue weighted by Gasteiger charge is -2.38. The van der Waals surface area contributed by atoms with Gasteiger partial charge < -0.3 is 4.74 Å². The summed E-state index contributed by atoms with van der Waals surface area (Å²) in [5, 5.41) is 0. The SMILES string of the molecule is C=CCC[C@H]1CC[C@H]([C@H]2CC[C@H](c3ccc(-c4ccc(COCCC)cc4)cc3)CC2)CC1. The number of hydrogen-bond donors (Lipinski definition) is 0. The fourth-order valence-electron chi connectivity index (χ4n) is 6.30. The molecule has 4 rings (SSSR count). The summed E-state index contributed by atoms with van der Waals surface area (Å²) >= 11 is 0. The van der Waals surface area contributed by atoms with Gasteiger partial charge in [-0.2, -0.15) is 0 Å². The molecule has 2 saturated carbocycles. The molecule has 2 fully saturated rings. The Morgan fingerprint density at radius 2 is 1.36 bits per heavy atom. The molecular formula is C32H44O. The summed E-state index contributed by atoms with van der Waals surface area (Å²) in [4.78, 5) is 0. The number of benzene rings is 2. The minimum atomic E-state index is 0.715. The number of allylic oxidation sites excluding steroid dienone is 1. The monoisotopic (exact) mass is 444 g/mol. The molecule has 0 unspecified atom stereocenters. The topological polar surface area (TPSA) is 9.23 Å². The van der Waals surface area contributed by atoms with Gasteiger partial charge in [0, 0.05) is 6.61 Å². The van der Waals surface area contributed by atoms with Crippen molar-refractivity contribution in [2.24, 2.45) is 17.8 Å². The van der Waals surface area contributed by atoms with E-state index in [2.05, 4.69) is 68.1 Å². The molecule has 0 saturated heterocycles. The van der Waals surface area contributed by atoms with Crippen LogP contribution in [0.25, 0.3) is 11.1 Å². The van der Waals surface area contributed by atoms with Crippen LogP contribution in [-0.4, -0.2) is 6.61 Å². The van der Waals surface area contributed by atoms with Gasteiger partial charge in [0.25, 0.3) is 0 Å². The molecule has 2 aromatic rings. The first-order valence-corrected chi connectivity index (χ1v) is 13.6. The Balaban J connectivity index is 1.24. The summed E-state index contributed by atoms with van der Waals surface area (Å²) in [6, 6.07) is 18.3. The van der Waals surface area contributed by atoms with Crippen molar-refractivity contribution in [1.29, 1.82) is 0 Å². The predicted molar refractivity (Wildman–Crippen MR) is 141 cm³/mol. The second-order valence-corrected chi connectivity index (χ2v) is 10.6. The van der Waals surface area contributed by atoms with Crippen LogP contribution in [-0.2, 0) is 11.3 Å². The maximum atomic E-state index is 5.66. The summed E-state index contributed by atoms with van der Waals surface area (Å²) in [7, 11) is 0. The first-order valence-electron chi connectivity index (χ1n) is 13.6. The van der Waals surface area contributed by atoms with Crippen molar-refractivity contribution in [2.45, 2.75) is 90.1 Å². The van der Waals surface area contributed by atoms with Crippen molar-refractivity contribution in [3.05, 3.63) is 72.3 Å². The van der Waals surface area contributed by atoms with E-state index in [9.17, 15) is 0 Å². The Morgan fingerprint density at radius 3 is 1.94 bits per heavy atom. The summed E-state index contributed by atoms with van der Waals surface area (Å²) in [6.07, 6.45) is 17.3. The Bertz CT molecular complexity index is 818. The van der Waals surface area contributed by atoms with Gasteiger partial charge in [0.15, 0.2) is 0 Å².